The Morgan fingerprint density at radius 2 is 1.70 bits per heavy atom. The summed E-state index contributed by atoms with van der Waals surface area (Å²) in [6.45, 7) is 12.7. The van der Waals surface area contributed by atoms with Crippen LogP contribution in [0.5, 0.6) is 0 Å². The lowest BCUT2D eigenvalue weighted by molar-refractivity contribution is 0.204. The average molecular weight is 319 g/mol. The standard InChI is InChI=1S/C18H33N5/c1-3-5-10-21-13-8-16(9-14-21)18-20-19-17(23(18)4-2)15-22-11-6-7-12-22/h16H,3-15H2,1-2H3. The summed E-state index contributed by atoms with van der Waals surface area (Å²) in [5.74, 6) is 3.03. The van der Waals surface area contributed by atoms with Crippen molar-refractivity contribution in [1.29, 1.82) is 0 Å². The normalized spacial score (nSPS) is 21.3. The van der Waals surface area contributed by atoms with Crippen LogP contribution in [0.2, 0.25) is 0 Å². The molecule has 2 saturated heterocycles. The molecule has 0 saturated carbocycles. The van der Waals surface area contributed by atoms with Gasteiger partial charge in [-0.25, -0.2) is 0 Å². The van der Waals surface area contributed by atoms with E-state index in [0.29, 0.717) is 5.92 Å². The molecule has 0 atom stereocenters. The van der Waals surface area contributed by atoms with Crippen LogP contribution in [-0.2, 0) is 13.1 Å². The lowest BCUT2D eigenvalue weighted by Gasteiger charge is -2.31. The SMILES string of the molecule is CCCCN1CCC(c2nnc(CN3CCCC3)n2CC)CC1. The zero-order valence-corrected chi connectivity index (χ0v) is 15.0. The van der Waals surface area contributed by atoms with Gasteiger partial charge in [-0.2, -0.15) is 0 Å². The van der Waals surface area contributed by atoms with Crippen LogP contribution in [0, 0.1) is 0 Å². The Morgan fingerprint density at radius 1 is 0.957 bits per heavy atom. The first-order valence-corrected chi connectivity index (χ1v) is 9.68. The molecular formula is C18H33N5. The number of likely N-dealkylation sites (tertiary alicyclic amines) is 2. The smallest absolute Gasteiger partial charge is 0.147 e. The van der Waals surface area contributed by atoms with E-state index in [4.69, 9.17) is 0 Å². The van der Waals surface area contributed by atoms with Crippen LogP contribution in [0.15, 0.2) is 0 Å². The minimum absolute atomic E-state index is 0.604. The number of aromatic nitrogens is 3. The fourth-order valence-electron chi connectivity index (χ4n) is 4.05. The van der Waals surface area contributed by atoms with Crippen molar-refractivity contribution in [2.24, 2.45) is 0 Å². The van der Waals surface area contributed by atoms with Crippen LogP contribution >= 0.6 is 0 Å². The molecule has 2 aliphatic heterocycles. The molecule has 0 N–H and O–H groups in total. The molecule has 0 aromatic carbocycles. The largest absolute Gasteiger partial charge is 0.314 e. The lowest BCUT2D eigenvalue weighted by Crippen LogP contribution is -2.34. The van der Waals surface area contributed by atoms with Gasteiger partial charge in [-0.1, -0.05) is 13.3 Å². The van der Waals surface area contributed by atoms with Crippen molar-refractivity contribution >= 4 is 0 Å². The minimum Gasteiger partial charge on any atom is -0.314 e. The molecule has 0 bridgehead atoms. The van der Waals surface area contributed by atoms with Gasteiger partial charge in [-0.15, -0.1) is 10.2 Å². The van der Waals surface area contributed by atoms with Gasteiger partial charge >= 0.3 is 0 Å². The summed E-state index contributed by atoms with van der Waals surface area (Å²) >= 11 is 0. The lowest BCUT2D eigenvalue weighted by atomic mass is 9.95. The molecule has 3 heterocycles. The molecule has 3 rings (SSSR count). The van der Waals surface area contributed by atoms with E-state index in [0.717, 1.165) is 13.1 Å². The number of rotatable bonds is 7. The van der Waals surface area contributed by atoms with E-state index >= 15 is 0 Å². The van der Waals surface area contributed by atoms with E-state index in [9.17, 15) is 0 Å². The van der Waals surface area contributed by atoms with Gasteiger partial charge in [0.2, 0.25) is 0 Å². The average Bonchev–Trinajstić information content (AvgIpc) is 3.23. The summed E-state index contributed by atoms with van der Waals surface area (Å²) in [7, 11) is 0. The summed E-state index contributed by atoms with van der Waals surface area (Å²) in [4.78, 5) is 5.14. The predicted molar refractivity (Wildman–Crippen MR) is 93.5 cm³/mol. The first-order chi connectivity index (χ1) is 11.3. The van der Waals surface area contributed by atoms with Crippen molar-refractivity contribution in [2.45, 2.75) is 71.4 Å². The molecule has 1 aromatic rings. The topological polar surface area (TPSA) is 37.2 Å². The Labute approximate surface area is 141 Å². The highest BCUT2D eigenvalue weighted by Crippen LogP contribution is 2.28. The highest BCUT2D eigenvalue weighted by molar-refractivity contribution is 5.04. The maximum atomic E-state index is 4.61. The molecule has 1 aromatic heterocycles. The van der Waals surface area contributed by atoms with E-state index in [1.807, 2.05) is 0 Å². The van der Waals surface area contributed by atoms with Gasteiger partial charge in [0, 0.05) is 12.5 Å². The molecule has 0 radical (unpaired) electrons. The van der Waals surface area contributed by atoms with Crippen LogP contribution in [0.4, 0.5) is 0 Å². The molecule has 0 unspecified atom stereocenters. The fourth-order valence-corrected chi connectivity index (χ4v) is 4.05. The number of piperidine rings is 1. The van der Waals surface area contributed by atoms with Crippen molar-refractivity contribution in [2.75, 3.05) is 32.7 Å². The summed E-state index contributed by atoms with van der Waals surface area (Å²) in [6, 6.07) is 0. The fraction of sp³-hybridized carbons (Fsp3) is 0.889. The highest BCUT2D eigenvalue weighted by Gasteiger charge is 2.26. The summed E-state index contributed by atoms with van der Waals surface area (Å²) in [5.41, 5.74) is 0. The van der Waals surface area contributed by atoms with Crippen molar-refractivity contribution in [3.63, 3.8) is 0 Å². The van der Waals surface area contributed by atoms with Crippen LogP contribution in [0.3, 0.4) is 0 Å². The van der Waals surface area contributed by atoms with Gasteiger partial charge in [-0.3, -0.25) is 4.90 Å². The number of nitrogens with zero attached hydrogens (tertiary/aromatic N) is 5. The van der Waals surface area contributed by atoms with E-state index in [1.54, 1.807) is 0 Å². The molecule has 0 aliphatic carbocycles. The molecule has 130 valence electrons. The Kier molecular flexibility index (Phi) is 6.06. The second-order valence-corrected chi connectivity index (χ2v) is 7.17. The zero-order valence-electron chi connectivity index (χ0n) is 15.0. The van der Waals surface area contributed by atoms with E-state index in [1.165, 1.54) is 82.9 Å². The monoisotopic (exact) mass is 319 g/mol. The molecule has 5 heteroatoms. The second-order valence-electron chi connectivity index (χ2n) is 7.17. The van der Waals surface area contributed by atoms with Crippen molar-refractivity contribution in [3.8, 4) is 0 Å². The third kappa shape index (κ3) is 4.13. The van der Waals surface area contributed by atoms with Crippen molar-refractivity contribution in [1.82, 2.24) is 24.6 Å². The van der Waals surface area contributed by atoms with Crippen LogP contribution in [-0.4, -0.2) is 57.3 Å². The van der Waals surface area contributed by atoms with E-state index in [-0.39, 0.29) is 0 Å². The maximum absolute atomic E-state index is 4.61. The number of unbranched alkanes of at least 4 members (excludes halogenated alkanes) is 1. The van der Waals surface area contributed by atoms with Crippen LogP contribution < -0.4 is 0 Å². The molecule has 0 spiro atoms. The van der Waals surface area contributed by atoms with E-state index in [2.05, 4.69) is 38.4 Å². The van der Waals surface area contributed by atoms with E-state index < -0.39 is 0 Å². The van der Waals surface area contributed by atoms with Gasteiger partial charge in [0.05, 0.1) is 6.54 Å². The van der Waals surface area contributed by atoms with Crippen LogP contribution in [0.25, 0.3) is 0 Å². The van der Waals surface area contributed by atoms with Gasteiger partial charge in [0.1, 0.15) is 11.6 Å². The summed E-state index contributed by atoms with van der Waals surface area (Å²) < 4.78 is 2.39. The Balaban J connectivity index is 1.60. The molecular weight excluding hydrogens is 286 g/mol. The number of hydrogen-bond donors (Lipinski definition) is 0. The third-order valence-electron chi connectivity index (χ3n) is 5.52. The summed E-state index contributed by atoms with van der Waals surface area (Å²) in [5, 5.41) is 9.16. The summed E-state index contributed by atoms with van der Waals surface area (Å²) in [6.07, 6.45) is 7.78. The maximum Gasteiger partial charge on any atom is 0.147 e. The first kappa shape index (κ1) is 16.9. The number of hydrogen-bond acceptors (Lipinski definition) is 4. The quantitative estimate of drug-likeness (QED) is 0.774. The molecule has 2 fully saturated rings. The van der Waals surface area contributed by atoms with Gasteiger partial charge in [-0.05, 0) is 71.8 Å². The van der Waals surface area contributed by atoms with Gasteiger partial charge in [0.15, 0.2) is 0 Å². The Morgan fingerprint density at radius 3 is 2.35 bits per heavy atom. The highest BCUT2D eigenvalue weighted by atomic mass is 15.3. The third-order valence-corrected chi connectivity index (χ3v) is 5.52. The molecule has 23 heavy (non-hydrogen) atoms. The van der Waals surface area contributed by atoms with Crippen molar-refractivity contribution in [3.05, 3.63) is 11.6 Å². The Hall–Kier alpha value is -0.940. The van der Waals surface area contributed by atoms with Crippen molar-refractivity contribution < 1.29 is 0 Å². The van der Waals surface area contributed by atoms with Gasteiger partial charge < -0.3 is 9.47 Å². The zero-order chi connectivity index (χ0) is 16.1. The van der Waals surface area contributed by atoms with Gasteiger partial charge in [0.25, 0.3) is 0 Å². The molecule has 5 nitrogen and oxygen atoms in total. The first-order valence-electron chi connectivity index (χ1n) is 9.68. The molecule has 2 aliphatic rings. The molecule has 0 amide bonds. The minimum atomic E-state index is 0.604. The second kappa shape index (κ2) is 8.25. The Bertz CT molecular complexity index is 470. The predicted octanol–water partition coefficient (Wildman–Crippen LogP) is 2.87. The van der Waals surface area contributed by atoms with Crippen LogP contribution in [0.1, 0.15) is 69.9 Å².